The van der Waals surface area contributed by atoms with Crippen molar-refractivity contribution in [2.45, 2.75) is 19.4 Å². The van der Waals surface area contributed by atoms with E-state index in [4.69, 9.17) is 11.6 Å². The summed E-state index contributed by atoms with van der Waals surface area (Å²) in [6.07, 6.45) is 3.63. The van der Waals surface area contributed by atoms with Gasteiger partial charge in [0.2, 0.25) is 0 Å². The minimum atomic E-state index is 0.605. The second-order valence-electron chi connectivity index (χ2n) is 5.87. The molecule has 0 aliphatic heterocycles. The van der Waals surface area contributed by atoms with Crippen molar-refractivity contribution in [1.29, 1.82) is 0 Å². The van der Waals surface area contributed by atoms with E-state index < -0.39 is 0 Å². The van der Waals surface area contributed by atoms with Crippen molar-refractivity contribution < 1.29 is 0 Å². The molecule has 0 bridgehead atoms. The lowest BCUT2D eigenvalue weighted by atomic mass is 10.0. The van der Waals surface area contributed by atoms with Gasteiger partial charge in [-0.3, -0.25) is 0 Å². The van der Waals surface area contributed by atoms with Crippen LogP contribution in [-0.2, 0) is 19.4 Å². The zero-order valence-corrected chi connectivity index (χ0v) is 14.3. The zero-order chi connectivity index (χ0) is 16.6. The fourth-order valence-electron chi connectivity index (χ4n) is 2.70. The minimum absolute atomic E-state index is 0.605. The van der Waals surface area contributed by atoms with Crippen LogP contribution >= 0.6 is 11.6 Å². The molecular weight excluding hydrogens is 316 g/mol. The quantitative estimate of drug-likeness (QED) is 0.501. The first kappa shape index (κ1) is 16.7. The molecule has 0 aliphatic carbocycles. The number of benzene rings is 2. The van der Waals surface area contributed by atoms with Crippen LogP contribution in [0.4, 0.5) is 0 Å². The van der Waals surface area contributed by atoms with Crippen molar-refractivity contribution in [3.05, 3.63) is 100 Å². The molecule has 0 saturated carbocycles. The minimum Gasteiger partial charge on any atom is -0.312 e. The van der Waals surface area contributed by atoms with Gasteiger partial charge < -0.3 is 5.32 Å². The maximum absolute atomic E-state index is 6.26. The maximum Gasteiger partial charge on any atom is 0.132 e. The molecule has 3 rings (SSSR count). The third-order valence-corrected chi connectivity index (χ3v) is 4.30. The molecule has 0 spiro atoms. The van der Waals surface area contributed by atoms with E-state index in [9.17, 15) is 0 Å². The van der Waals surface area contributed by atoms with Crippen molar-refractivity contribution >= 4 is 11.6 Å². The molecule has 24 heavy (non-hydrogen) atoms. The molecule has 0 atom stereocenters. The van der Waals surface area contributed by atoms with Crippen LogP contribution < -0.4 is 5.32 Å². The molecule has 3 heteroatoms. The molecule has 0 fully saturated rings. The fourth-order valence-corrected chi connectivity index (χ4v) is 2.90. The third kappa shape index (κ3) is 4.92. The molecule has 3 aromatic rings. The van der Waals surface area contributed by atoms with Gasteiger partial charge in [-0.15, -0.1) is 0 Å². The van der Waals surface area contributed by atoms with Gasteiger partial charge in [-0.2, -0.15) is 0 Å². The molecule has 1 N–H and O–H groups in total. The van der Waals surface area contributed by atoms with Crippen molar-refractivity contribution in [3.8, 4) is 0 Å². The molecule has 2 aromatic carbocycles. The Labute approximate surface area is 148 Å². The number of halogens is 1. The summed E-state index contributed by atoms with van der Waals surface area (Å²) in [5.41, 5.74) is 4.88. The van der Waals surface area contributed by atoms with Crippen LogP contribution in [0.1, 0.15) is 22.3 Å². The van der Waals surface area contributed by atoms with Gasteiger partial charge in [0.05, 0.1) is 0 Å². The summed E-state index contributed by atoms with van der Waals surface area (Å²) < 4.78 is 0. The first-order chi connectivity index (χ1) is 11.8. The predicted octanol–water partition coefficient (Wildman–Crippen LogP) is 4.66. The molecule has 0 radical (unpaired) electrons. The second-order valence-corrected chi connectivity index (χ2v) is 6.23. The normalized spacial score (nSPS) is 10.7. The lowest BCUT2D eigenvalue weighted by Crippen LogP contribution is -2.17. The number of hydrogen-bond donors (Lipinski definition) is 1. The average Bonchev–Trinajstić information content (AvgIpc) is 2.63. The van der Waals surface area contributed by atoms with E-state index in [2.05, 4.69) is 64.9 Å². The highest BCUT2D eigenvalue weighted by molar-refractivity contribution is 6.30. The number of aromatic nitrogens is 1. The highest BCUT2D eigenvalue weighted by Crippen LogP contribution is 2.17. The van der Waals surface area contributed by atoms with E-state index in [0.717, 1.165) is 31.5 Å². The number of nitrogens with one attached hydrogen (secondary N) is 1. The highest BCUT2D eigenvalue weighted by Gasteiger charge is 2.05. The van der Waals surface area contributed by atoms with E-state index in [1.807, 2.05) is 18.3 Å². The van der Waals surface area contributed by atoms with E-state index in [1.54, 1.807) is 0 Å². The SMILES string of the molecule is Clc1ncc(Cc2ccccc2)cc1CCNCc1ccccc1. The number of rotatable bonds is 7. The summed E-state index contributed by atoms with van der Waals surface area (Å²) in [4.78, 5) is 4.35. The van der Waals surface area contributed by atoms with Gasteiger partial charge in [0.15, 0.2) is 0 Å². The van der Waals surface area contributed by atoms with E-state index in [0.29, 0.717) is 5.15 Å². The van der Waals surface area contributed by atoms with Crippen LogP contribution in [0.15, 0.2) is 72.9 Å². The first-order valence-electron chi connectivity index (χ1n) is 8.23. The summed E-state index contributed by atoms with van der Waals surface area (Å²) in [5, 5.41) is 4.07. The second kappa shape index (κ2) is 8.62. The summed E-state index contributed by atoms with van der Waals surface area (Å²) in [6, 6.07) is 23.0. The Kier molecular flexibility index (Phi) is 6.00. The Balaban J connectivity index is 1.56. The molecule has 2 nitrogen and oxygen atoms in total. The van der Waals surface area contributed by atoms with E-state index in [-0.39, 0.29) is 0 Å². The van der Waals surface area contributed by atoms with Crippen LogP contribution in [0.2, 0.25) is 5.15 Å². The van der Waals surface area contributed by atoms with E-state index >= 15 is 0 Å². The zero-order valence-electron chi connectivity index (χ0n) is 13.6. The average molecular weight is 337 g/mol. The fraction of sp³-hybridized carbons (Fsp3) is 0.190. The molecule has 0 aliphatic rings. The monoisotopic (exact) mass is 336 g/mol. The number of pyridine rings is 1. The summed E-state index contributed by atoms with van der Waals surface area (Å²) in [7, 11) is 0. The van der Waals surface area contributed by atoms with Crippen molar-refractivity contribution in [2.75, 3.05) is 6.54 Å². The van der Waals surface area contributed by atoms with Crippen LogP contribution in [0.3, 0.4) is 0 Å². The molecule has 0 saturated heterocycles. The predicted molar refractivity (Wildman–Crippen MR) is 100 cm³/mol. The van der Waals surface area contributed by atoms with Gasteiger partial charge >= 0.3 is 0 Å². The van der Waals surface area contributed by atoms with Gasteiger partial charge in [-0.05, 0) is 41.6 Å². The summed E-state index contributed by atoms with van der Waals surface area (Å²) >= 11 is 6.26. The lowest BCUT2D eigenvalue weighted by molar-refractivity contribution is 0.685. The Morgan fingerprint density at radius 3 is 2.21 bits per heavy atom. The Morgan fingerprint density at radius 2 is 1.50 bits per heavy atom. The van der Waals surface area contributed by atoms with Gasteiger partial charge in [-0.1, -0.05) is 78.3 Å². The van der Waals surface area contributed by atoms with Gasteiger partial charge in [0, 0.05) is 12.7 Å². The van der Waals surface area contributed by atoms with Crippen LogP contribution in [-0.4, -0.2) is 11.5 Å². The van der Waals surface area contributed by atoms with E-state index in [1.165, 1.54) is 16.7 Å². The molecule has 1 heterocycles. The smallest absolute Gasteiger partial charge is 0.132 e. The van der Waals surface area contributed by atoms with Crippen LogP contribution in [0, 0.1) is 0 Å². The Bertz CT molecular complexity index is 757. The number of hydrogen-bond acceptors (Lipinski definition) is 2. The molecule has 122 valence electrons. The first-order valence-corrected chi connectivity index (χ1v) is 8.61. The van der Waals surface area contributed by atoms with Gasteiger partial charge in [0.25, 0.3) is 0 Å². The van der Waals surface area contributed by atoms with Crippen molar-refractivity contribution in [1.82, 2.24) is 10.3 Å². The van der Waals surface area contributed by atoms with Crippen molar-refractivity contribution in [2.24, 2.45) is 0 Å². The molecule has 0 amide bonds. The molecular formula is C21H21ClN2. The topological polar surface area (TPSA) is 24.9 Å². The largest absolute Gasteiger partial charge is 0.312 e. The van der Waals surface area contributed by atoms with Crippen LogP contribution in [0.25, 0.3) is 0 Å². The summed E-state index contributed by atoms with van der Waals surface area (Å²) in [5.74, 6) is 0. The highest BCUT2D eigenvalue weighted by atomic mass is 35.5. The summed E-state index contributed by atoms with van der Waals surface area (Å²) in [6.45, 7) is 1.75. The van der Waals surface area contributed by atoms with Crippen LogP contribution in [0.5, 0.6) is 0 Å². The van der Waals surface area contributed by atoms with Gasteiger partial charge in [-0.25, -0.2) is 4.98 Å². The Morgan fingerprint density at radius 1 is 0.833 bits per heavy atom. The molecule has 1 aromatic heterocycles. The Hall–Kier alpha value is -2.16. The number of nitrogens with zero attached hydrogens (tertiary/aromatic N) is 1. The van der Waals surface area contributed by atoms with Crippen molar-refractivity contribution in [3.63, 3.8) is 0 Å². The maximum atomic E-state index is 6.26. The van der Waals surface area contributed by atoms with Gasteiger partial charge in [0.1, 0.15) is 5.15 Å². The lowest BCUT2D eigenvalue weighted by Gasteiger charge is -2.09. The molecule has 0 unspecified atom stereocenters. The third-order valence-electron chi connectivity index (χ3n) is 3.96. The standard InChI is InChI=1S/C21H21ClN2/c22-21-20(11-12-23-15-18-9-5-2-6-10-18)14-19(16-24-21)13-17-7-3-1-4-8-17/h1-10,14,16,23H,11-13,15H2.